The Morgan fingerprint density at radius 1 is 1.12 bits per heavy atom. The fourth-order valence-corrected chi connectivity index (χ4v) is 4.23. The SMILES string of the molecule is CC(C)N1CCN(C(C(=O)O)c2c(Br)nc(-c3ccccc3)n2C)CC1. The van der Waals surface area contributed by atoms with Crippen molar-refractivity contribution in [2.24, 2.45) is 7.05 Å². The molecule has 1 aliphatic rings. The zero-order chi connectivity index (χ0) is 18.8. The molecule has 7 heteroatoms. The Bertz CT molecular complexity index is 767. The number of piperazine rings is 1. The Kier molecular flexibility index (Phi) is 5.79. The third kappa shape index (κ3) is 3.70. The average molecular weight is 421 g/mol. The lowest BCUT2D eigenvalue weighted by molar-refractivity contribution is -0.144. The monoisotopic (exact) mass is 420 g/mol. The predicted octanol–water partition coefficient (Wildman–Crippen LogP) is 3.00. The quantitative estimate of drug-likeness (QED) is 0.805. The molecule has 140 valence electrons. The van der Waals surface area contributed by atoms with Crippen molar-refractivity contribution in [3.63, 3.8) is 0 Å². The first-order valence-electron chi connectivity index (χ1n) is 8.88. The van der Waals surface area contributed by atoms with E-state index in [2.05, 4.69) is 39.7 Å². The van der Waals surface area contributed by atoms with E-state index in [4.69, 9.17) is 0 Å². The van der Waals surface area contributed by atoms with E-state index in [-0.39, 0.29) is 0 Å². The van der Waals surface area contributed by atoms with Crippen LogP contribution in [0.3, 0.4) is 0 Å². The van der Waals surface area contributed by atoms with Crippen LogP contribution in [0.4, 0.5) is 0 Å². The number of carboxylic acid groups (broad SMARTS) is 1. The van der Waals surface area contributed by atoms with Crippen LogP contribution in [0.1, 0.15) is 25.6 Å². The van der Waals surface area contributed by atoms with Gasteiger partial charge in [0.25, 0.3) is 0 Å². The summed E-state index contributed by atoms with van der Waals surface area (Å²) in [5.74, 6) is -0.0779. The molecule has 0 bridgehead atoms. The van der Waals surface area contributed by atoms with E-state index in [0.29, 0.717) is 16.3 Å². The summed E-state index contributed by atoms with van der Waals surface area (Å²) < 4.78 is 2.49. The van der Waals surface area contributed by atoms with Crippen LogP contribution in [-0.4, -0.2) is 62.6 Å². The minimum Gasteiger partial charge on any atom is -0.480 e. The number of benzene rings is 1. The van der Waals surface area contributed by atoms with Crippen LogP contribution in [0.25, 0.3) is 11.4 Å². The number of rotatable bonds is 5. The van der Waals surface area contributed by atoms with Gasteiger partial charge in [0.05, 0.1) is 5.69 Å². The van der Waals surface area contributed by atoms with Gasteiger partial charge in [-0.05, 0) is 29.8 Å². The number of carboxylic acids is 1. The van der Waals surface area contributed by atoms with Crippen molar-refractivity contribution in [1.82, 2.24) is 19.4 Å². The van der Waals surface area contributed by atoms with Crippen LogP contribution < -0.4 is 0 Å². The highest BCUT2D eigenvalue weighted by molar-refractivity contribution is 9.10. The van der Waals surface area contributed by atoms with Gasteiger partial charge in [-0.3, -0.25) is 14.6 Å². The molecule has 1 saturated heterocycles. The molecule has 0 radical (unpaired) electrons. The van der Waals surface area contributed by atoms with Crippen LogP contribution in [0.2, 0.25) is 0 Å². The molecule has 1 aliphatic heterocycles. The number of halogens is 1. The summed E-state index contributed by atoms with van der Waals surface area (Å²) in [6, 6.07) is 9.60. The predicted molar refractivity (Wildman–Crippen MR) is 105 cm³/mol. The fraction of sp³-hybridized carbons (Fsp3) is 0.474. The third-order valence-corrected chi connectivity index (χ3v) is 5.65. The molecule has 3 rings (SSSR count). The number of aliphatic carboxylic acids is 1. The van der Waals surface area contributed by atoms with Crippen LogP contribution >= 0.6 is 15.9 Å². The largest absolute Gasteiger partial charge is 0.480 e. The second-order valence-corrected chi connectivity index (χ2v) is 7.69. The lowest BCUT2D eigenvalue weighted by Crippen LogP contribution is -2.51. The molecule has 1 aromatic heterocycles. The molecule has 1 aromatic carbocycles. The van der Waals surface area contributed by atoms with Gasteiger partial charge in [0.15, 0.2) is 6.04 Å². The fourth-order valence-electron chi connectivity index (χ4n) is 3.58. The first-order chi connectivity index (χ1) is 12.4. The first kappa shape index (κ1) is 19.1. The smallest absolute Gasteiger partial charge is 0.327 e. The molecule has 0 spiro atoms. The zero-order valence-electron chi connectivity index (χ0n) is 15.4. The molecule has 1 unspecified atom stereocenters. The number of aromatic nitrogens is 2. The van der Waals surface area contributed by atoms with Crippen LogP contribution in [-0.2, 0) is 11.8 Å². The summed E-state index contributed by atoms with van der Waals surface area (Å²) in [6.45, 7) is 7.56. The summed E-state index contributed by atoms with van der Waals surface area (Å²) in [5, 5.41) is 9.97. The van der Waals surface area contributed by atoms with Gasteiger partial charge in [0, 0.05) is 44.8 Å². The van der Waals surface area contributed by atoms with E-state index in [1.165, 1.54) is 0 Å². The highest BCUT2D eigenvalue weighted by Crippen LogP contribution is 2.32. The molecule has 0 saturated carbocycles. The summed E-state index contributed by atoms with van der Waals surface area (Å²) in [4.78, 5) is 21.2. The number of nitrogens with zero attached hydrogens (tertiary/aromatic N) is 4. The molecule has 2 heterocycles. The highest BCUT2D eigenvalue weighted by Gasteiger charge is 2.35. The van der Waals surface area contributed by atoms with Gasteiger partial charge in [-0.25, -0.2) is 4.98 Å². The van der Waals surface area contributed by atoms with Crippen molar-refractivity contribution in [3.8, 4) is 11.4 Å². The van der Waals surface area contributed by atoms with E-state index >= 15 is 0 Å². The van der Waals surface area contributed by atoms with Crippen LogP contribution in [0, 0.1) is 0 Å². The molecule has 0 amide bonds. The molecule has 0 aliphatic carbocycles. The van der Waals surface area contributed by atoms with E-state index < -0.39 is 12.0 Å². The Hall–Kier alpha value is -1.70. The van der Waals surface area contributed by atoms with Crippen molar-refractivity contribution >= 4 is 21.9 Å². The molecule has 1 fully saturated rings. The van der Waals surface area contributed by atoms with Crippen molar-refractivity contribution in [2.45, 2.75) is 25.9 Å². The number of carbonyl (C=O) groups is 1. The maximum absolute atomic E-state index is 12.1. The molecular formula is C19H25BrN4O2. The number of hydrogen-bond acceptors (Lipinski definition) is 4. The summed E-state index contributed by atoms with van der Waals surface area (Å²) in [7, 11) is 1.88. The van der Waals surface area contributed by atoms with Gasteiger partial charge < -0.3 is 9.67 Å². The maximum Gasteiger partial charge on any atom is 0.327 e. The normalized spacial score (nSPS) is 17.6. The van der Waals surface area contributed by atoms with Gasteiger partial charge in [-0.1, -0.05) is 30.3 Å². The number of imidazole rings is 1. The van der Waals surface area contributed by atoms with Crippen molar-refractivity contribution in [3.05, 3.63) is 40.6 Å². The molecule has 6 nitrogen and oxygen atoms in total. The lowest BCUT2D eigenvalue weighted by Gasteiger charge is -2.39. The molecule has 26 heavy (non-hydrogen) atoms. The third-order valence-electron chi connectivity index (χ3n) is 5.06. The first-order valence-corrected chi connectivity index (χ1v) is 9.68. The average Bonchev–Trinajstić information content (AvgIpc) is 2.91. The van der Waals surface area contributed by atoms with E-state index in [0.717, 1.165) is 37.6 Å². The van der Waals surface area contributed by atoms with E-state index in [1.54, 1.807) is 0 Å². The molecule has 1 N–H and O–H groups in total. The maximum atomic E-state index is 12.1. The van der Waals surface area contributed by atoms with Crippen molar-refractivity contribution < 1.29 is 9.90 Å². The Balaban J connectivity index is 1.92. The minimum absolute atomic E-state index is 0.480. The zero-order valence-corrected chi connectivity index (χ0v) is 17.0. The van der Waals surface area contributed by atoms with Crippen molar-refractivity contribution in [1.29, 1.82) is 0 Å². The number of hydrogen-bond donors (Lipinski definition) is 1. The van der Waals surface area contributed by atoms with Crippen LogP contribution in [0.15, 0.2) is 34.9 Å². The Morgan fingerprint density at radius 3 is 2.23 bits per heavy atom. The van der Waals surface area contributed by atoms with Gasteiger partial charge >= 0.3 is 5.97 Å². The van der Waals surface area contributed by atoms with E-state index in [9.17, 15) is 9.90 Å². The molecular weight excluding hydrogens is 396 g/mol. The van der Waals surface area contributed by atoms with Gasteiger partial charge in [-0.2, -0.15) is 0 Å². The van der Waals surface area contributed by atoms with Gasteiger partial charge in [0.2, 0.25) is 0 Å². The second-order valence-electron chi connectivity index (χ2n) is 6.94. The Labute approximate surface area is 162 Å². The molecule has 1 atom stereocenters. The topological polar surface area (TPSA) is 61.6 Å². The lowest BCUT2D eigenvalue weighted by atomic mass is 10.1. The summed E-state index contributed by atoms with van der Waals surface area (Å²) in [5.41, 5.74) is 1.66. The molecule has 2 aromatic rings. The Morgan fingerprint density at radius 2 is 1.69 bits per heavy atom. The summed E-state index contributed by atoms with van der Waals surface area (Å²) in [6.07, 6.45) is 0. The second kappa shape index (κ2) is 7.90. The van der Waals surface area contributed by atoms with E-state index in [1.807, 2.05) is 46.8 Å². The van der Waals surface area contributed by atoms with Gasteiger partial charge in [0.1, 0.15) is 10.4 Å². The van der Waals surface area contributed by atoms with Crippen molar-refractivity contribution in [2.75, 3.05) is 26.2 Å². The standard InChI is InChI=1S/C19H25BrN4O2/c1-13(2)23-9-11-24(12-10-23)16(19(25)26)15-17(20)21-18(22(15)3)14-7-5-4-6-8-14/h4-8,13,16H,9-12H2,1-3H3,(H,25,26). The van der Waals surface area contributed by atoms with Crippen LogP contribution in [0.5, 0.6) is 0 Å². The van der Waals surface area contributed by atoms with Gasteiger partial charge in [-0.15, -0.1) is 0 Å². The highest BCUT2D eigenvalue weighted by atomic mass is 79.9. The minimum atomic E-state index is -0.841. The summed E-state index contributed by atoms with van der Waals surface area (Å²) >= 11 is 3.50.